The number of ether oxygens (including phenoxy) is 6. The molecule has 0 bridgehead atoms. The highest BCUT2D eigenvalue weighted by Crippen LogP contribution is 2.46. The van der Waals surface area contributed by atoms with E-state index in [0.29, 0.717) is 23.6 Å². The van der Waals surface area contributed by atoms with Crippen molar-refractivity contribution >= 4 is 23.6 Å². The van der Waals surface area contributed by atoms with Crippen LogP contribution in [0.4, 0.5) is 5.69 Å². The number of carbonyl (C=O) groups excluding carboxylic acids is 3. The summed E-state index contributed by atoms with van der Waals surface area (Å²) in [6, 6.07) is 1.69. The maximum atomic E-state index is 12.2. The van der Waals surface area contributed by atoms with Crippen LogP contribution in [0.5, 0.6) is 11.5 Å². The predicted octanol–water partition coefficient (Wildman–Crippen LogP) is 2.40. The van der Waals surface area contributed by atoms with Gasteiger partial charge in [0.1, 0.15) is 11.5 Å². The van der Waals surface area contributed by atoms with Crippen molar-refractivity contribution in [1.82, 2.24) is 0 Å². The zero-order valence-corrected chi connectivity index (χ0v) is 18.9. The van der Waals surface area contributed by atoms with Gasteiger partial charge in [0.15, 0.2) is 5.57 Å². The summed E-state index contributed by atoms with van der Waals surface area (Å²) in [4.78, 5) is 36.1. The molecule has 1 fully saturated rings. The van der Waals surface area contributed by atoms with Crippen molar-refractivity contribution in [2.45, 2.75) is 51.6 Å². The van der Waals surface area contributed by atoms with Crippen LogP contribution in [0.2, 0.25) is 0 Å². The zero-order chi connectivity index (χ0) is 23.6. The molecule has 3 rings (SSSR count). The highest BCUT2D eigenvalue weighted by Gasteiger charge is 2.39. The van der Waals surface area contributed by atoms with E-state index in [9.17, 15) is 14.4 Å². The molecule has 32 heavy (non-hydrogen) atoms. The lowest BCUT2D eigenvalue weighted by molar-refractivity contribution is -0.222. The minimum Gasteiger partial charge on any atom is -0.496 e. The third-order valence-electron chi connectivity index (χ3n) is 5.16. The van der Waals surface area contributed by atoms with Crippen LogP contribution in [0, 0.1) is 0 Å². The van der Waals surface area contributed by atoms with Crippen LogP contribution in [0.15, 0.2) is 17.8 Å². The Morgan fingerprint density at radius 1 is 1.19 bits per heavy atom. The van der Waals surface area contributed by atoms with Gasteiger partial charge in [0.2, 0.25) is 0 Å². The molecule has 0 aliphatic carbocycles. The molecule has 0 spiro atoms. The Morgan fingerprint density at radius 3 is 2.41 bits per heavy atom. The number of fused-ring (bicyclic) bond motifs is 1. The molecule has 174 valence electrons. The average molecular weight is 449 g/mol. The summed E-state index contributed by atoms with van der Waals surface area (Å²) in [6.45, 7) is 4.78. The predicted molar refractivity (Wildman–Crippen MR) is 111 cm³/mol. The molecule has 0 aromatic heterocycles. The Hall–Kier alpha value is -3.27. The van der Waals surface area contributed by atoms with E-state index in [-0.39, 0.29) is 24.1 Å². The van der Waals surface area contributed by atoms with Gasteiger partial charge in [0, 0.05) is 43.7 Å². The largest absolute Gasteiger partial charge is 0.496 e. The van der Waals surface area contributed by atoms with Gasteiger partial charge >= 0.3 is 17.9 Å². The normalized spacial score (nSPS) is 21.6. The molecule has 2 heterocycles. The van der Waals surface area contributed by atoms with E-state index in [1.54, 1.807) is 6.07 Å². The quantitative estimate of drug-likeness (QED) is 0.394. The topological polar surface area (TPSA) is 119 Å². The number of nitrogens with one attached hydrogen (secondary N) is 1. The number of rotatable bonds is 6. The van der Waals surface area contributed by atoms with Gasteiger partial charge in [-0.15, -0.1) is 0 Å². The molecule has 0 radical (unpaired) electrons. The lowest BCUT2D eigenvalue weighted by Gasteiger charge is -2.33. The number of hydrogen-bond donors (Lipinski definition) is 1. The number of methoxy groups -OCH3 is 3. The monoisotopic (exact) mass is 449 g/mol. The van der Waals surface area contributed by atoms with Crippen molar-refractivity contribution in [3.63, 3.8) is 0 Å². The molecule has 1 N–H and O–H groups in total. The first-order valence-corrected chi connectivity index (χ1v) is 10.0. The van der Waals surface area contributed by atoms with E-state index in [4.69, 9.17) is 28.4 Å². The van der Waals surface area contributed by atoms with Crippen molar-refractivity contribution in [3.8, 4) is 11.5 Å². The molecule has 10 nitrogen and oxygen atoms in total. The summed E-state index contributed by atoms with van der Waals surface area (Å²) >= 11 is 0. The van der Waals surface area contributed by atoms with E-state index < -0.39 is 23.8 Å². The lowest BCUT2D eigenvalue weighted by Crippen LogP contribution is -2.42. The van der Waals surface area contributed by atoms with E-state index in [2.05, 4.69) is 5.32 Å². The van der Waals surface area contributed by atoms with Crippen molar-refractivity contribution in [2.75, 3.05) is 26.6 Å². The molecule has 1 saturated heterocycles. The van der Waals surface area contributed by atoms with Gasteiger partial charge in [-0.2, -0.15) is 0 Å². The van der Waals surface area contributed by atoms with Gasteiger partial charge < -0.3 is 33.7 Å². The smallest absolute Gasteiger partial charge is 0.350 e. The fourth-order valence-electron chi connectivity index (χ4n) is 3.80. The van der Waals surface area contributed by atoms with Gasteiger partial charge in [-0.05, 0) is 6.92 Å². The Labute approximate surface area is 185 Å². The van der Waals surface area contributed by atoms with Crippen LogP contribution in [0.25, 0.3) is 0 Å². The molecule has 1 aromatic rings. The van der Waals surface area contributed by atoms with Crippen molar-refractivity contribution in [1.29, 1.82) is 0 Å². The summed E-state index contributed by atoms with van der Waals surface area (Å²) in [5, 5.41) is 2.92. The summed E-state index contributed by atoms with van der Waals surface area (Å²) in [5.74, 6) is -2.29. The molecule has 2 atom stereocenters. The van der Waals surface area contributed by atoms with E-state index in [0.717, 1.165) is 11.1 Å². The van der Waals surface area contributed by atoms with Crippen LogP contribution >= 0.6 is 0 Å². The molecular weight excluding hydrogens is 422 g/mol. The first-order chi connectivity index (χ1) is 15.1. The minimum atomic E-state index is -1.33. The van der Waals surface area contributed by atoms with Crippen LogP contribution < -0.4 is 14.8 Å². The van der Waals surface area contributed by atoms with Crippen LogP contribution in [0.1, 0.15) is 44.4 Å². The number of anilines is 1. The number of esters is 3. The summed E-state index contributed by atoms with van der Waals surface area (Å²) in [5.41, 5.74) is 1.74. The van der Waals surface area contributed by atoms with E-state index in [1.807, 2.05) is 6.92 Å². The molecule has 0 amide bonds. The number of hydrogen-bond acceptors (Lipinski definition) is 10. The third kappa shape index (κ3) is 4.64. The van der Waals surface area contributed by atoms with E-state index in [1.165, 1.54) is 41.4 Å². The molecule has 2 aliphatic rings. The van der Waals surface area contributed by atoms with Crippen molar-refractivity contribution in [2.24, 2.45) is 0 Å². The van der Waals surface area contributed by atoms with Gasteiger partial charge in [-0.1, -0.05) is 0 Å². The number of cyclic esters (lactones) is 2. The lowest BCUT2D eigenvalue weighted by atomic mass is 9.91. The molecule has 1 aromatic carbocycles. The number of carbonyl (C=O) groups is 3. The maximum Gasteiger partial charge on any atom is 0.350 e. The average Bonchev–Trinajstić information content (AvgIpc) is 2.71. The Kier molecular flexibility index (Phi) is 6.63. The van der Waals surface area contributed by atoms with Gasteiger partial charge in [-0.3, -0.25) is 4.79 Å². The van der Waals surface area contributed by atoms with E-state index >= 15 is 0 Å². The summed E-state index contributed by atoms with van der Waals surface area (Å²) < 4.78 is 32.2. The standard InChI is InChI=1S/C22H27NO9/c1-11-18-13(7-12(30-11)8-17(24)28-5)16(27-4)9-15(19(18)29-6)23-10-14-20(25)31-22(2,3)32-21(14)26/h9-12,23H,7-8H2,1-6H3/t11-,12-/m1/s1. The van der Waals surface area contributed by atoms with Gasteiger partial charge in [0.25, 0.3) is 5.79 Å². The molecule has 0 saturated carbocycles. The highest BCUT2D eigenvalue weighted by atomic mass is 16.7. The maximum absolute atomic E-state index is 12.2. The first-order valence-electron chi connectivity index (χ1n) is 10.0. The highest BCUT2D eigenvalue weighted by molar-refractivity contribution is 6.15. The Morgan fingerprint density at radius 2 is 1.84 bits per heavy atom. The second-order valence-corrected chi connectivity index (χ2v) is 7.82. The van der Waals surface area contributed by atoms with Crippen molar-refractivity contribution < 1.29 is 42.8 Å². The van der Waals surface area contributed by atoms with Crippen LogP contribution in [-0.2, 0) is 39.8 Å². The van der Waals surface area contributed by atoms with Crippen LogP contribution in [-0.4, -0.2) is 51.1 Å². The molecule has 10 heteroatoms. The summed E-state index contributed by atoms with van der Waals surface area (Å²) in [6.07, 6.45) is 0.941. The van der Waals surface area contributed by atoms with Crippen LogP contribution in [0.3, 0.4) is 0 Å². The third-order valence-corrected chi connectivity index (χ3v) is 5.16. The molecular formula is C22H27NO9. The Bertz CT molecular complexity index is 945. The summed E-state index contributed by atoms with van der Waals surface area (Å²) in [7, 11) is 4.36. The fraction of sp³-hybridized carbons (Fsp3) is 0.500. The first kappa shape index (κ1) is 23.4. The van der Waals surface area contributed by atoms with Gasteiger partial charge in [0.05, 0.1) is 45.6 Å². The minimum absolute atomic E-state index is 0.110. The molecule has 0 unspecified atom stereocenters. The fourth-order valence-corrected chi connectivity index (χ4v) is 3.80. The SMILES string of the molecule is COC(=O)C[C@H]1Cc2c(OC)cc(NC=C3C(=O)OC(C)(C)OC3=O)c(OC)c2[C@@H](C)O1. The Balaban J connectivity index is 1.96. The van der Waals surface area contributed by atoms with Crippen molar-refractivity contribution in [3.05, 3.63) is 29.0 Å². The zero-order valence-electron chi connectivity index (χ0n) is 18.9. The number of benzene rings is 1. The van der Waals surface area contributed by atoms with Gasteiger partial charge in [-0.25, -0.2) is 9.59 Å². The second kappa shape index (κ2) is 9.07. The second-order valence-electron chi connectivity index (χ2n) is 7.82. The molecule has 2 aliphatic heterocycles.